The molecule has 48 heavy (non-hydrogen) atoms. The highest BCUT2D eigenvalue weighted by molar-refractivity contribution is 6.11. The molecule has 0 saturated carbocycles. The first-order valence-corrected chi connectivity index (χ1v) is 15.9. The van der Waals surface area contributed by atoms with Gasteiger partial charge in [-0.2, -0.15) is 10.5 Å². The van der Waals surface area contributed by atoms with E-state index in [4.69, 9.17) is 0 Å². The van der Waals surface area contributed by atoms with Crippen molar-refractivity contribution in [3.05, 3.63) is 169 Å². The van der Waals surface area contributed by atoms with Gasteiger partial charge in [-0.05, 0) is 59.7 Å². The first-order chi connectivity index (χ1) is 23.8. The Hall–Kier alpha value is -6.88. The van der Waals surface area contributed by atoms with Crippen LogP contribution >= 0.6 is 0 Å². The Bertz CT molecular complexity index is 2760. The van der Waals surface area contributed by atoms with E-state index in [2.05, 4.69) is 137 Å². The summed E-state index contributed by atoms with van der Waals surface area (Å²) in [7, 11) is 0. The van der Waals surface area contributed by atoms with Gasteiger partial charge < -0.3 is 9.13 Å². The summed E-state index contributed by atoms with van der Waals surface area (Å²) in [6, 6.07) is 58.8. The molecular formula is C44H26N4. The summed E-state index contributed by atoms with van der Waals surface area (Å²) in [5.74, 6) is 0. The molecule has 2 aromatic heterocycles. The molecule has 0 aliphatic rings. The smallest absolute Gasteiger partial charge is 0.101 e. The molecule has 9 aromatic rings. The van der Waals surface area contributed by atoms with E-state index in [0.29, 0.717) is 11.1 Å². The zero-order chi connectivity index (χ0) is 32.2. The van der Waals surface area contributed by atoms with Crippen LogP contribution in [-0.4, -0.2) is 9.13 Å². The van der Waals surface area contributed by atoms with Gasteiger partial charge in [0.1, 0.15) is 6.07 Å². The molecular weight excluding hydrogens is 585 g/mol. The maximum Gasteiger partial charge on any atom is 0.101 e. The second-order valence-corrected chi connectivity index (χ2v) is 11.9. The van der Waals surface area contributed by atoms with Crippen molar-refractivity contribution in [2.45, 2.75) is 0 Å². The highest BCUT2D eigenvalue weighted by atomic mass is 15.0. The predicted molar refractivity (Wildman–Crippen MR) is 195 cm³/mol. The molecule has 0 fully saturated rings. The number of aromatic nitrogens is 2. The van der Waals surface area contributed by atoms with Crippen LogP contribution in [0.15, 0.2) is 158 Å². The molecule has 0 radical (unpaired) electrons. The third kappa shape index (κ3) is 4.01. The Morgan fingerprint density at radius 2 is 0.938 bits per heavy atom. The molecule has 222 valence electrons. The molecule has 0 N–H and O–H groups in total. The van der Waals surface area contributed by atoms with E-state index >= 15 is 0 Å². The third-order valence-electron chi connectivity index (χ3n) is 9.41. The summed E-state index contributed by atoms with van der Waals surface area (Å²) < 4.78 is 4.50. The SMILES string of the molecule is N#Cc1cccc(-c2cccc(-n3c4ccccc4c4cccc(C#N)c43)c2)c1-c1ccccc1-n1c2ccccc2c2ccccc21. The van der Waals surface area contributed by atoms with Crippen molar-refractivity contribution in [3.8, 4) is 45.8 Å². The van der Waals surface area contributed by atoms with Crippen molar-refractivity contribution in [2.75, 3.05) is 0 Å². The largest absolute Gasteiger partial charge is 0.309 e. The van der Waals surface area contributed by atoms with Crippen molar-refractivity contribution >= 4 is 43.6 Å². The summed E-state index contributed by atoms with van der Waals surface area (Å²) in [4.78, 5) is 0. The molecule has 7 aromatic carbocycles. The molecule has 0 spiro atoms. The van der Waals surface area contributed by atoms with Gasteiger partial charge in [-0.1, -0.05) is 109 Å². The van der Waals surface area contributed by atoms with Gasteiger partial charge in [0.2, 0.25) is 0 Å². The lowest BCUT2D eigenvalue weighted by atomic mass is 9.89. The van der Waals surface area contributed by atoms with Gasteiger partial charge in [0.25, 0.3) is 0 Å². The number of benzene rings is 7. The van der Waals surface area contributed by atoms with Crippen LogP contribution in [0.4, 0.5) is 0 Å². The minimum Gasteiger partial charge on any atom is -0.309 e. The number of nitrogens with zero attached hydrogens (tertiary/aromatic N) is 4. The quantitative estimate of drug-likeness (QED) is 0.199. The molecule has 4 heteroatoms. The van der Waals surface area contributed by atoms with E-state index in [-0.39, 0.29) is 0 Å². The minimum absolute atomic E-state index is 0.606. The Balaban J connectivity index is 1.31. The first-order valence-electron chi connectivity index (χ1n) is 15.9. The Morgan fingerprint density at radius 1 is 0.417 bits per heavy atom. The lowest BCUT2D eigenvalue weighted by Gasteiger charge is -2.18. The van der Waals surface area contributed by atoms with Gasteiger partial charge in [0, 0.05) is 38.4 Å². The molecule has 0 bridgehead atoms. The Morgan fingerprint density at radius 3 is 1.65 bits per heavy atom. The van der Waals surface area contributed by atoms with Gasteiger partial charge in [-0.25, -0.2) is 0 Å². The molecule has 0 atom stereocenters. The van der Waals surface area contributed by atoms with Crippen LogP contribution in [0.5, 0.6) is 0 Å². The van der Waals surface area contributed by atoms with Crippen molar-refractivity contribution in [3.63, 3.8) is 0 Å². The molecule has 0 amide bonds. The van der Waals surface area contributed by atoms with Crippen molar-refractivity contribution in [1.29, 1.82) is 10.5 Å². The van der Waals surface area contributed by atoms with Crippen LogP contribution in [-0.2, 0) is 0 Å². The number of hydrogen-bond donors (Lipinski definition) is 0. The maximum absolute atomic E-state index is 10.5. The maximum atomic E-state index is 10.5. The molecule has 0 aliphatic carbocycles. The highest BCUT2D eigenvalue weighted by Gasteiger charge is 2.21. The van der Waals surface area contributed by atoms with Crippen molar-refractivity contribution < 1.29 is 0 Å². The highest BCUT2D eigenvalue weighted by Crippen LogP contribution is 2.42. The van der Waals surface area contributed by atoms with E-state index in [1.165, 1.54) is 10.8 Å². The molecule has 0 saturated heterocycles. The summed E-state index contributed by atoms with van der Waals surface area (Å²) in [5, 5.41) is 25.2. The molecule has 4 nitrogen and oxygen atoms in total. The Kier molecular flexibility index (Phi) is 6.22. The topological polar surface area (TPSA) is 57.4 Å². The third-order valence-corrected chi connectivity index (χ3v) is 9.41. The predicted octanol–water partition coefficient (Wildman–Crippen LogP) is 11.0. The molecule has 2 heterocycles. The number of nitriles is 2. The zero-order valence-electron chi connectivity index (χ0n) is 25.8. The number of fused-ring (bicyclic) bond motifs is 6. The van der Waals surface area contributed by atoms with Gasteiger partial charge in [-0.15, -0.1) is 0 Å². The number of para-hydroxylation sites is 5. The molecule has 0 aliphatic heterocycles. The van der Waals surface area contributed by atoms with Crippen molar-refractivity contribution in [2.24, 2.45) is 0 Å². The summed E-state index contributed by atoms with van der Waals surface area (Å²) in [6.45, 7) is 0. The van der Waals surface area contributed by atoms with Crippen LogP contribution in [0.2, 0.25) is 0 Å². The first kappa shape index (κ1) is 27.4. The van der Waals surface area contributed by atoms with E-state index in [9.17, 15) is 10.5 Å². The average Bonchev–Trinajstić information content (AvgIpc) is 3.68. The second kappa shape index (κ2) is 10.9. The Labute approximate surface area is 277 Å². The van der Waals surface area contributed by atoms with E-state index in [0.717, 1.165) is 66.5 Å². The fourth-order valence-electron chi connectivity index (χ4n) is 7.43. The van der Waals surface area contributed by atoms with Crippen molar-refractivity contribution in [1.82, 2.24) is 9.13 Å². The fourth-order valence-corrected chi connectivity index (χ4v) is 7.43. The van der Waals surface area contributed by atoms with E-state index < -0.39 is 0 Å². The van der Waals surface area contributed by atoms with Crippen LogP contribution in [0.25, 0.3) is 77.2 Å². The lowest BCUT2D eigenvalue weighted by Crippen LogP contribution is -2.00. The van der Waals surface area contributed by atoms with E-state index in [1.807, 2.05) is 42.5 Å². The summed E-state index contributed by atoms with van der Waals surface area (Å²) in [6.07, 6.45) is 0. The van der Waals surface area contributed by atoms with Gasteiger partial charge in [-0.3, -0.25) is 0 Å². The van der Waals surface area contributed by atoms with Gasteiger partial charge in [0.05, 0.1) is 45.0 Å². The van der Waals surface area contributed by atoms with Gasteiger partial charge >= 0.3 is 0 Å². The fraction of sp³-hybridized carbons (Fsp3) is 0. The van der Waals surface area contributed by atoms with Crippen LogP contribution in [0.3, 0.4) is 0 Å². The minimum atomic E-state index is 0.606. The normalized spacial score (nSPS) is 11.3. The zero-order valence-corrected chi connectivity index (χ0v) is 25.8. The monoisotopic (exact) mass is 610 g/mol. The lowest BCUT2D eigenvalue weighted by molar-refractivity contribution is 1.17. The number of rotatable bonds is 4. The van der Waals surface area contributed by atoms with Crippen LogP contribution in [0.1, 0.15) is 11.1 Å². The van der Waals surface area contributed by atoms with E-state index in [1.54, 1.807) is 0 Å². The summed E-state index contributed by atoms with van der Waals surface area (Å²) in [5.41, 5.74) is 11.2. The molecule has 9 rings (SSSR count). The standard InChI is InChI=1S/C44H26N4/c45-27-30-13-10-20-33(29-12-9-15-32(26-29)47-39-22-5-3-18-36(39)37-21-11-14-31(28-46)44(37)47)43(30)38-19-4-8-25-42(38)48-40-23-6-1-16-34(40)35-17-2-7-24-41(35)48/h1-26H. The average molecular weight is 611 g/mol. The summed E-state index contributed by atoms with van der Waals surface area (Å²) >= 11 is 0. The number of hydrogen-bond acceptors (Lipinski definition) is 2. The van der Waals surface area contributed by atoms with Crippen LogP contribution in [0, 0.1) is 22.7 Å². The van der Waals surface area contributed by atoms with Crippen LogP contribution < -0.4 is 0 Å². The molecule has 0 unspecified atom stereocenters. The van der Waals surface area contributed by atoms with Gasteiger partial charge in [0.15, 0.2) is 0 Å². The second-order valence-electron chi connectivity index (χ2n) is 11.9.